The molecule has 1 saturated carbocycles. The van der Waals surface area contributed by atoms with Gasteiger partial charge in [0.1, 0.15) is 5.60 Å². The van der Waals surface area contributed by atoms with Crippen molar-refractivity contribution in [2.45, 2.75) is 58.0 Å². The number of nitrogens with one attached hydrogen (secondary N) is 1. The molecule has 3 amide bonds. The SMILES string of the molecule is CC(C)(C)OC(=O)NC1CC(CN2C(=O)S/C(=C/c3ccc4c(cnn4Cc4ccc(Cl)cc4C(F)(F)F)c3)C2=O)C1. The first kappa shape index (κ1) is 30.0. The number of alkyl halides is 3. The second-order valence-electron chi connectivity index (χ2n) is 11.4. The first-order valence-electron chi connectivity index (χ1n) is 13.2. The Bertz CT molecular complexity index is 1590. The number of imide groups is 1. The number of carbonyl (C=O) groups excluding carboxylic acids is 3. The van der Waals surface area contributed by atoms with Crippen molar-refractivity contribution < 1.29 is 32.3 Å². The number of ether oxygens (including phenoxy) is 1. The molecule has 13 heteroatoms. The molecule has 8 nitrogen and oxygen atoms in total. The highest BCUT2D eigenvalue weighted by Gasteiger charge is 2.40. The van der Waals surface area contributed by atoms with E-state index in [9.17, 15) is 27.6 Å². The van der Waals surface area contributed by atoms with Crippen molar-refractivity contribution in [1.29, 1.82) is 0 Å². The minimum Gasteiger partial charge on any atom is -0.444 e. The third-order valence-corrected chi connectivity index (χ3v) is 8.07. The van der Waals surface area contributed by atoms with E-state index in [2.05, 4.69) is 10.4 Å². The van der Waals surface area contributed by atoms with Gasteiger partial charge in [-0.25, -0.2) is 4.79 Å². The van der Waals surface area contributed by atoms with Crippen LogP contribution in [0.1, 0.15) is 50.3 Å². The number of hydrogen-bond donors (Lipinski definition) is 1. The Morgan fingerprint density at radius 3 is 2.60 bits per heavy atom. The van der Waals surface area contributed by atoms with Crippen molar-refractivity contribution in [2.24, 2.45) is 5.92 Å². The third-order valence-electron chi connectivity index (χ3n) is 6.93. The highest BCUT2D eigenvalue weighted by Crippen LogP contribution is 2.37. The number of nitrogens with zero attached hydrogens (tertiary/aromatic N) is 3. The van der Waals surface area contributed by atoms with Gasteiger partial charge in [-0.2, -0.15) is 18.3 Å². The maximum absolute atomic E-state index is 13.5. The van der Waals surface area contributed by atoms with Gasteiger partial charge >= 0.3 is 12.3 Å². The second-order valence-corrected chi connectivity index (χ2v) is 12.8. The molecule has 42 heavy (non-hydrogen) atoms. The van der Waals surface area contributed by atoms with Crippen LogP contribution in [0, 0.1) is 5.92 Å². The summed E-state index contributed by atoms with van der Waals surface area (Å²) in [6.07, 6.45) is -0.603. The van der Waals surface area contributed by atoms with Gasteiger partial charge in [0, 0.05) is 23.0 Å². The summed E-state index contributed by atoms with van der Waals surface area (Å²) in [6, 6.07) is 8.79. The first-order chi connectivity index (χ1) is 19.7. The number of thioether (sulfide) groups is 1. The quantitative estimate of drug-likeness (QED) is 0.296. The van der Waals surface area contributed by atoms with Crippen LogP contribution in [0.5, 0.6) is 0 Å². The Morgan fingerprint density at radius 1 is 1.17 bits per heavy atom. The van der Waals surface area contributed by atoms with Gasteiger partial charge in [0.2, 0.25) is 0 Å². The average molecular weight is 621 g/mol. The number of alkyl carbamates (subject to hydrolysis) is 1. The molecule has 0 unspecified atom stereocenters. The van der Waals surface area contributed by atoms with Crippen LogP contribution in [0.4, 0.5) is 22.8 Å². The van der Waals surface area contributed by atoms with Crippen LogP contribution >= 0.6 is 23.4 Å². The molecule has 1 aliphatic carbocycles. The molecule has 1 N–H and O–H groups in total. The second kappa shape index (κ2) is 11.3. The molecule has 1 aliphatic heterocycles. The molecule has 2 fully saturated rings. The van der Waals surface area contributed by atoms with Crippen molar-refractivity contribution in [3.8, 4) is 0 Å². The average Bonchev–Trinajstić information content (AvgIpc) is 3.36. The zero-order valence-corrected chi connectivity index (χ0v) is 24.6. The lowest BCUT2D eigenvalue weighted by Crippen LogP contribution is -2.49. The number of halogens is 4. The summed E-state index contributed by atoms with van der Waals surface area (Å²) in [5, 5.41) is 7.38. The topological polar surface area (TPSA) is 93.5 Å². The summed E-state index contributed by atoms with van der Waals surface area (Å²) in [7, 11) is 0. The Kier molecular flexibility index (Phi) is 8.06. The molecule has 222 valence electrons. The van der Waals surface area contributed by atoms with Crippen LogP contribution in [0.3, 0.4) is 0 Å². The maximum atomic E-state index is 13.5. The summed E-state index contributed by atoms with van der Waals surface area (Å²) in [4.78, 5) is 39.1. The fraction of sp³-hybridized carbons (Fsp3) is 0.379. The van der Waals surface area contributed by atoms with Gasteiger partial charge in [-0.1, -0.05) is 23.7 Å². The van der Waals surface area contributed by atoms with Gasteiger partial charge in [0.15, 0.2) is 0 Å². The molecule has 2 heterocycles. The molecular formula is C29H28ClF3N4O4S. The number of benzene rings is 2. The van der Waals surface area contributed by atoms with Gasteiger partial charge in [-0.05, 0) is 92.8 Å². The molecule has 0 atom stereocenters. The highest BCUT2D eigenvalue weighted by atomic mass is 35.5. The van der Waals surface area contributed by atoms with Crippen molar-refractivity contribution in [2.75, 3.05) is 6.54 Å². The number of hydrogen-bond acceptors (Lipinski definition) is 6. The Hall–Kier alpha value is -3.51. The van der Waals surface area contributed by atoms with Gasteiger partial charge in [0.25, 0.3) is 11.1 Å². The van der Waals surface area contributed by atoms with E-state index in [1.54, 1.807) is 51.2 Å². The number of rotatable bonds is 6. The lowest BCUT2D eigenvalue weighted by Gasteiger charge is -2.37. The molecular weight excluding hydrogens is 593 g/mol. The maximum Gasteiger partial charge on any atom is 0.416 e. The van der Waals surface area contributed by atoms with Gasteiger partial charge in [-0.15, -0.1) is 0 Å². The summed E-state index contributed by atoms with van der Waals surface area (Å²) in [5.74, 6) is -0.301. The van der Waals surface area contributed by atoms with Gasteiger partial charge in [0.05, 0.1) is 28.7 Å². The zero-order valence-electron chi connectivity index (χ0n) is 23.0. The molecule has 3 aromatic rings. The molecule has 1 saturated heterocycles. The fourth-order valence-corrected chi connectivity index (χ4v) is 6.00. The van der Waals surface area contributed by atoms with E-state index >= 15 is 0 Å². The molecule has 0 radical (unpaired) electrons. The van der Waals surface area contributed by atoms with E-state index in [1.165, 1.54) is 21.7 Å². The van der Waals surface area contributed by atoms with E-state index < -0.39 is 23.4 Å². The normalized spacial score (nSPS) is 20.4. The first-order valence-corrected chi connectivity index (χ1v) is 14.4. The van der Waals surface area contributed by atoms with Crippen molar-refractivity contribution in [1.82, 2.24) is 20.0 Å². The van der Waals surface area contributed by atoms with E-state index in [1.807, 2.05) is 0 Å². The van der Waals surface area contributed by atoms with Crippen molar-refractivity contribution >= 4 is 57.6 Å². The summed E-state index contributed by atoms with van der Waals surface area (Å²) < 4.78 is 47.3. The predicted molar refractivity (Wildman–Crippen MR) is 154 cm³/mol. The molecule has 2 aromatic carbocycles. The van der Waals surface area contributed by atoms with Gasteiger partial charge in [-0.3, -0.25) is 19.2 Å². The smallest absolute Gasteiger partial charge is 0.416 e. The van der Waals surface area contributed by atoms with E-state index in [0.29, 0.717) is 29.3 Å². The number of amides is 3. The fourth-order valence-electron chi connectivity index (χ4n) is 4.98. The van der Waals surface area contributed by atoms with Crippen LogP contribution in [0.2, 0.25) is 5.02 Å². The van der Waals surface area contributed by atoms with E-state index in [0.717, 1.165) is 17.8 Å². The minimum atomic E-state index is -4.56. The number of fused-ring (bicyclic) bond motifs is 1. The van der Waals surface area contributed by atoms with Gasteiger partial charge < -0.3 is 10.1 Å². The largest absolute Gasteiger partial charge is 0.444 e. The Labute approximate surface area is 249 Å². The van der Waals surface area contributed by atoms with E-state index in [4.69, 9.17) is 16.3 Å². The van der Waals surface area contributed by atoms with Crippen LogP contribution in [0.15, 0.2) is 47.5 Å². The Morgan fingerprint density at radius 2 is 1.90 bits per heavy atom. The van der Waals surface area contributed by atoms with Crippen molar-refractivity contribution in [3.63, 3.8) is 0 Å². The monoisotopic (exact) mass is 620 g/mol. The molecule has 1 aromatic heterocycles. The summed E-state index contributed by atoms with van der Waals surface area (Å²) >= 11 is 6.65. The molecule has 5 rings (SSSR count). The number of aromatic nitrogens is 2. The molecule has 2 aliphatic rings. The van der Waals surface area contributed by atoms with Crippen LogP contribution < -0.4 is 5.32 Å². The lowest BCUT2D eigenvalue weighted by molar-refractivity contribution is -0.138. The van der Waals surface area contributed by atoms with Crippen LogP contribution in [-0.2, 0) is 22.3 Å². The predicted octanol–water partition coefficient (Wildman–Crippen LogP) is 7.10. The van der Waals surface area contributed by atoms with Crippen LogP contribution in [-0.4, -0.2) is 50.1 Å². The highest BCUT2D eigenvalue weighted by molar-refractivity contribution is 8.18. The minimum absolute atomic E-state index is 0.00228. The lowest BCUT2D eigenvalue weighted by atomic mass is 9.80. The zero-order chi connectivity index (χ0) is 30.4. The third kappa shape index (κ3) is 6.75. The Balaban J connectivity index is 1.23. The van der Waals surface area contributed by atoms with Crippen LogP contribution in [0.25, 0.3) is 17.0 Å². The van der Waals surface area contributed by atoms with E-state index in [-0.39, 0.29) is 51.7 Å². The standard InChI is InChI=1S/C29H28ClF3N4O4S/c1-28(2,3)41-26(39)35-21-9-17(10-21)14-36-25(38)24(42-27(36)40)11-16-4-7-23-19(8-16)13-34-37(23)15-18-5-6-20(30)12-22(18)29(31,32)33/h4-8,11-13,17,21H,9-10,14-15H2,1-3H3,(H,35,39)/b24-11+. The molecule has 0 spiro atoms. The molecule has 0 bridgehead atoms. The summed E-state index contributed by atoms with van der Waals surface area (Å²) in [5.41, 5.74) is -0.107. The van der Waals surface area contributed by atoms with Crippen molar-refractivity contribution in [3.05, 3.63) is 69.2 Å². The number of carbonyl (C=O) groups is 3. The summed E-state index contributed by atoms with van der Waals surface area (Å²) in [6.45, 7) is 5.52.